The average Bonchev–Trinajstić information content (AvgIpc) is 2.09. The molecule has 4 nitrogen and oxygen atoms in total. The number of hydrogen-bond acceptors (Lipinski definition) is 3. The predicted molar refractivity (Wildman–Crippen MR) is 57.6 cm³/mol. The summed E-state index contributed by atoms with van der Waals surface area (Å²) >= 11 is 5.28. The Bertz CT molecular complexity index is 450. The van der Waals surface area contributed by atoms with Gasteiger partial charge in [0.25, 0.3) is 0 Å². The van der Waals surface area contributed by atoms with Gasteiger partial charge in [0.05, 0.1) is 11.9 Å². The zero-order valence-corrected chi connectivity index (χ0v) is 9.49. The summed E-state index contributed by atoms with van der Waals surface area (Å²) in [7, 11) is -3.47. The molecule has 1 rings (SSSR count). The van der Waals surface area contributed by atoms with Gasteiger partial charge in [0, 0.05) is 6.54 Å². The molecule has 0 aliphatic rings. The van der Waals surface area contributed by atoms with Crippen LogP contribution in [0.2, 0.25) is 0 Å². The topological polar surface area (TPSA) is 58.2 Å². The van der Waals surface area contributed by atoms with Gasteiger partial charge in [0.2, 0.25) is 10.0 Å². The standard InChI is InChI=1S/C8H10ClFN2O2S/c1-15(13,14)12-8-4-6(5-11-9)2-3-7(8)10/h2-4,11-12H,5H2,1H3. The van der Waals surface area contributed by atoms with Gasteiger partial charge < -0.3 is 0 Å². The summed E-state index contributed by atoms with van der Waals surface area (Å²) in [4.78, 5) is 2.37. The fraction of sp³-hybridized carbons (Fsp3) is 0.250. The van der Waals surface area contributed by atoms with Crippen molar-refractivity contribution in [1.82, 2.24) is 4.84 Å². The second-order valence-electron chi connectivity index (χ2n) is 3.00. The smallest absolute Gasteiger partial charge is 0.229 e. The Hall–Kier alpha value is -0.850. The van der Waals surface area contributed by atoms with E-state index in [1.165, 1.54) is 18.2 Å². The molecule has 7 heteroatoms. The summed E-state index contributed by atoms with van der Waals surface area (Å²) in [6.07, 6.45) is 0.957. The molecular weight excluding hydrogens is 243 g/mol. The van der Waals surface area contributed by atoms with Crippen LogP contribution in [0.1, 0.15) is 5.56 Å². The van der Waals surface area contributed by atoms with Crippen LogP contribution in [-0.4, -0.2) is 14.7 Å². The summed E-state index contributed by atoms with van der Waals surface area (Å²) in [5, 5.41) is 0. The Labute approximate surface area is 92.6 Å². The highest BCUT2D eigenvalue weighted by Crippen LogP contribution is 2.17. The van der Waals surface area contributed by atoms with Crippen molar-refractivity contribution in [3.05, 3.63) is 29.6 Å². The quantitative estimate of drug-likeness (QED) is 0.798. The third-order valence-electron chi connectivity index (χ3n) is 1.60. The summed E-state index contributed by atoms with van der Waals surface area (Å²) < 4.78 is 37.0. The van der Waals surface area contributed by atoms with Gasteiger partial charge in [-0.25, -0.2) is 17.6 Å². The maximum atomic E-state index is 13.2. The fourth-order valence-electron chi connectivity index (χ4n) is 1.04. The van der Waals surface area contributed by atoms with Crippen LogP contribution < -0.4 is 9.56 Å². The van der Waals surface area contributed by atoms with Gasteiger partial charge in [0.1, 0.15) is 5.82 Å². The van der Waals surface area contributed by atoms with Gasteiger partial charge in [-0.15, -0.1) is 0 Å². The molecule has 0 atom stereocenters. The van der Waals surface area contributed by atoms with Crippen LogP contribution >= 0.6 is 11.8 Å². The lowest BCUT2D eigenvalue weighted by Gasteiger charge is -2.07. The van der Waals surface area contributed by atoms with Crippen molar-refractivity contribution in [2.75, 3.05) is 11.0 Å². The summed E-state index contributed by atoms with van der Waals surface area (Å²) in [6, 6.07) is 4.07. The van der Waals surface area contributed by atoms with E-state index in [0.29, 0.717) is 12.1 Å². The molecule has 84 valence electrons. The first kappa shape index (κ1) is 12.2. The van der Waals surface area contributed by atoms with E-state index in [0.717, 1.165) is 6.26 Å². The SMILES string of the molecule is CS(=O)(=O)Nc1cc(CNCl)ccc1F. The van der Waals surface area contributed by atoms with Gasteiger partial charge in [-0.3, -0.25) is 4.72 Å². The van der Waals surface area contributed by atoms with Crippen molar-refractivity contribution in [2.45, 2.75) is 6.54 Å². The number of benzene rings is 1. The minimum atomic E-state index is -3.47. The lowest BCUT2D eigenvalue weighted by atomic mass is 10.2. The first-order valence-electron chi connectivity index (χ1n) is 4.02. The Kier molecular flexibility index (Phi) is 3.90. The van der Waals surface area contributed by atoms with Crippen molar-refractivity contribution in [2.24, 2.45) is 0 Å². The zero-order chi connectivity index (χ0) is 11.5. The van der Waals surface area contributed by atoms with Crippen molar-refractivity contribution >= 4 is 27.5 Å². The number of sulfonamides is 1. The van der Waals surface area contributed by atoms with Crippen LogP contribution in [0.25, 0.3) is 0 Å². The van der Waals surface area contributed by atoms with Gasteiger partial charge in [-0.2, -0.15) is 0 Å². The second-order valence-corrected chi connectivity index (χ2v) is 5.01. The van der Waals surface area contributed by atoms with E-state index in [2.05, 4.69) is 9.56 Å². The number of anilines is 1. The van der Waals surface area contributed by atoms with Gasteiger partial charge >= 0.3 is 0 Å². The van der Waals surface area contributed by atoms with Gasteiger partial charge in [-0.1, -0.05) is 6.07 Å². The van der Waals surface area contributed by atoms with Crippen molar-refractivity contribution < 1.29 is 12.8 Å². The second kappa shape index (κ2) is 4.78. The molecule has 0 spiro atoms. The average molecular weight is 253 g/mol. The molecule has 15 heavy (non-hydrogen) atoms. The van der Waals surface area contributed by atoms with Crippen LogP contribution in [0, 0.1) is 5.82 Å². The highest BCUT2D eigenvalue weighted by atomic mass is 35.5. The number of rotatable bonds is 4. The molecule has 0 aliphatic carbocycles. The molecule has 0 radical (unpaired) electrons. The van der Waals surface area contributed by atoms with Crippen LogP contribution in [0.3, 0.4) is 0 Å². The molecule has 0 heterocycles. The minimum Gasteiger partial charge on any atom is -0.281 e. The van der Waals surface area contributed by atoms with Crippen LogP contribution in [-0.2, 0) is 16.6 Å². The first-order valence-corrected chi connectivity index (χ1v) is 6.29. The van der Waals surface area contributed by atoms with Gasteiger partial charge in [0.15, 0.2) is 0 Å². The van der Waals surface area contributed by atoms with E-state index >= 15 is 0 Å². The number of nitrogens with one attached hydrogen (secondary N) is 2. The van der Waals surface area contributed by atoms with Crippen molar-refractivity contribution in [3.8, 4) is 0 Å². The van der Waals surface area contributed by atoms with Gasteiger partial charge in [-0.05, 0) is 29.5 Å². The Morgan fingerprint density at radius 1 is 1.47 bits per heavy atom. The third kappa shape index (κ3) is 4.03. The molecule has 0 saturated carbocycles. The maximum absolute atomic E-state index is 13.2. The van der Waals surface area contributed by atoms with E-state index in [1.807, 2.05) is 0 Å². The normalized spacial score (nSPS) is 11.4. The fourth-order valence-corrected chi connectivity index (χ4v) is 1.75. The Balaban J connectivity index is 3.00. The van der Waals surface area contributed by atoms with E-state index in [9.17, 15) is 12.8 Å². The molecule has 0 saturated heterocycles. The molecule has 0 amide bonds. The maximum Gasteiger partial charge on any atom is 0.229 e. The molecule has 0 bridgehead atoms. The van der Waals surface area contributed by atoms with Crippen molar-refractivity contribution in [1.29, 1.82) is 0 Å². The highest BCUT2D eigenvalue weighted by Gasteiger charge is 2.08. The number of hydrogen-bond donors (Lipinski definition) is 2. The van der Waals surface area contributed by atoms with E-state index in [1.54, 1.807) is 0 Å². The summed E-state index contributed by atoms with van der Waals surface area (Å²) in [5.41, 5.74) is 0.597. The molecule has 0 unspecified atom stereocenters. The monoisotopic (exact) mass is 252 g/mol. The molecule has 0 aliphatic heterocycles. The minimum absolute atomic E-state index is 0.0816. The number of halogens is 2. The summed E-state index contributed by atoms with van der Waals surface area (Å²) in [6.45, 7) is 0.320. The Morgan fingerprint density at radius 3 is 2.67 bits per heavy atom. The van der Waals surface area contributed by atoms with Crippen LogP contribution in [0.5, 0.6) is 0 Å². The molecule has 0 aromatic heterocycles. The van der Waals surface area contributed by atoms with E-state index in [-0.39, 0.29) is 5.69 Å². The molecule has 0 fully saturated rings. The largest absolute Gasteiger partial charge is 0.281 e. The highest BCUT2D eigenvalue weighted by molar-refractivity contribution is 7.92. The summed E-state index contributed by atoms with van der Waals surface area (Å²) in [5.74, 6) is -0.626. The zero-order valence-electron chi connectivity index (χ0n) is 7.92. The van der Waals surface area contributed by atoms with Crippen LogP contribution in [0.4, 0.5) is 10.1 Å². The first-order chi connectivity index (χ1) is 6.92. The van der Waals surface area contributed by atoms with Crippen LogP contribution in [0.15, 0.2) is 18.2 Å². The molecular formula is C8H10ClFN2O2S. The molecule has 1 aromatic carbocycles. The van der Waals surface area contributed by atoms with E-state index in [4.69, 9.17) is 11.8 Å². The van der Waals surface area contributed by atoms with Crippen molar-refractivity contribution in [3.63, 3.8) is 0 Å². The molecule has 1 aromatic rings. The lowest BCUT2D eigenvalue weighted by Crippen LogP contribution is -2.11. The predicted octanol–water partition coefficient (Wildman–Crippen LogP) is 1.44. The molecule has 2 N–H and O–H groups in total. The third-order valence-corrected chi connectivity index (χ3v) is 2.32. The van der Waals surface area contributed by atoms with E-state index < -0.39 is 15.8 Å². The lowest BCUT2D eigenvalue weighted by molar-refractivity contribution is 0.603. The Morgan fingerprint density at radius 2 is 2.13 bits per heavy atom.